The van der Waals surface area contributed by atoms with Gasteiger partial charge in [-0.25, -0.2) is 0 Å². The molecule has 2 aromatic carbocycles. The summed E-state index contributed by atoms with van der Waals surface area (Å²) in [6.45, 7) is 8.37. The fraction of sp³-hybridized carbons (Fsp3) is 0.316. The zero-order valence-corrected chi connectivity index (χ0v) is 13.6. The number of esters is 1. The molecule has 22 heavy (non-hydrogen) atoms. The molecule has 0 aliphatic rings. The van der Waals surface area contributed by atoms with Crippen molar-refractivity contribution in [2.75, 3.05) is 6.61 Å². The molecule has 0 spiro atoms. The number of phenols is 1. The van der Waals surface area contributed by atoms with Crippen LogP contribution in [0, 0.1) is 20.8 Å². The van der Waals surface area contributed by atoms with Crippen molar-refractivity contribution in [2.45, 2.75) is 34.1 Å². The highest BCUT2D eigenvalue weighted by Crippen LogP contribution is 2.34. The summed E-state index contributed by atoms with van der Waals surface area (Å²) >= 11 is 0. The molecule has 2 aromatic rings. The largest absolute Gasteiger partial charge is 0.507 e. The van der Waals surface area contributed by atoms with E-state index >= 15 is 0 Å². The molecule has 0 saturated carbocycles. The van der Waals surface area contributed by atoms with Gasteiger partial charge in [-0.05, 0) is 67.6 Å². The smallest absolute Gasteiger partial charge is 0.310 e. The fourth-order valence-electron chi connectivity index (χ4n) is 2.54. The van der Waals surface area contributed by atoms with Crippen molar-refractivity contribution >= 4 is 5.97 Å². The molecule has 1 N–H and O–H groups in total. The Balaban J connectivity index is 2.43. The quantitative estimate of drug-likeness (QED) is 0.865. The van der Waals surface area contributed by atoms with E-state index < -0.39 is 0 Å². The van der Waals surface area contributed by atoms with Gasteiger partial charge in [0.1, 0.15) is 5.75 Å². The van der Waals surface area contributed by atoms with E-state index in [9.17, 15) is 9.90 Å². The first-order chi connectivity index (χ1) is 10.4. The maximum atomic E-state index is 11.6. The van der Waals surface area contributed by atoms with Crippen LogP contribution in [0.25, 0.3) is 11.1 Å². The number of carbonyl (C=O) groups excluding carboxylic acids is 1. The number of phenolic OH excluding ortho intramolecular Hbond substituents is 1. The lowest BCUT2D eigenvalue weighted by Crippen LogP contribution is -2.07. The second-order valence-electron chi connectivity index (χ2n) is 5.51. The second kappa shape index (κ2) is 6.65. The lowest BCUT2D eigenvalue weighted by molar-refractivity contribution is -0.142. The lowest BCUT2D eigenvalue weighted by atomic mass is 9.92. The van der Waals surface area contributed by atoms with Crippen molar-refractivity contribution in [1.82, 2.24) is 0 Å². The molecular weight excluding hydrogens is 276 g/mol. The van der Waals surface area contributed by atoms with E-state index in [4.69, 9.17) is 4.74 Å². The van der Waals surface area contributed by atoms with Crippen LogP contribution in [0.1, 0.15) is 29.2 Å². The van der Waals surface area contributed by atoms with Gasteiger partial charge in [-0.1, -0.05) is 18.2 Å². The van der Waals surface area contributed by atoms with Gasteiger partial charge in [-0.3, -0.25) is 4.79 Å². The molecule has 0 heterocycles. The van der Waals surface area contributed by atoms with Gasteiger partial charge in [-0.15, -0.1) is 0 Å². The molecule has 0 bridgehead atoms. The first kappa shape index (κ1) is 16.1. The van der Waals surface area contributed by atoms with Crippen molar-refractivity contribution < 1.29 is 14.6 Å². The summed E-state index contributed by atoms with van der Waals surface area (Å²) < 4.78 is 4.98. The van der Waals surface area contributed by atoms with Crippen LogP contribution in [-0.2, 0) is 16.0 Å². The third kappa shape index (κ3) is 3.30. The highest BCUT2D eigenvalue weighted by atomic mass is 16.5. The molecule has 0 amide bonds. The minimum atomic E-state index is -0.254. The number of carbonyl (C=O) groups is 1. The molecule has 3 nitrogen and oxygen atoms in total. The van der Waals surface area contributed by atoms with Crippen LogP contribution < -0.4 is 0 Å². The van der Waals surface area contributed by atoms with E-state index in [0.717, 1.165) is 22.3 Å². The van der Waals surface area contributed by atoms with Crippen molar-refractivity contribution in [3.63, 3.8) is 0 Å². The van der Waals surface area contributed by atoms with E-state index in [1.54, 1.807) is 19.1 Å². The minimum Gasteiger partial charge on any atom is -0.507 e. The Labute approximate surface area is 131 Å². The average Bonchev–Trinajstić information content (AvgIpc) is 2.48. The molecule has 0 atom stereocenters. The minimum absolute atomic E-state index is 0.213. The van der Waals surface area contributed by atoms with Gasteiger partial charge in [0.15, 0.2) is 0 Å². The van der Waals surface area contributed by atoms with Gasteiger partial charge in [0, 0.05) is 5.56 Å². The van der Waals surface area contributed by atoms with Gasteiger partial charge in [0.05, 0.1) is 13.0 Å². The monoisotopic (exact) mass is 298 g/mol. The SMILES string of the molecule is CCOC(=O)Cc1ccc(O)c(-c2ccc(C)c(C)c2C)c1. The Kier molecular flexibility index (Phi) is 4.86. The van der Waals surface area contributed by atoms with Crippen molar-refractivity contribution in [3.05, 3.63) is 52.6 Å². The van der Waals surface area contributed by atoms with Gasteiger partial charge in [0.25, 0.3) is 0 Å². The Bertz CT molecular complexity index is 702. The maximum absolute atomic E-state index is 11.6. The summed E-state index contributed by atoms with van der Waals surface area (Å²) in [4.78, 5) is 11.6. The van der Waals surface area contributed by atoms with Crippen LogP contribution in [0.5, 0.6) is 5.75 Å². The molecule has 0 saturated heterocycles. The van der Waals surface area contributed by atoms with Crippen LogP contribution >= 0.6 is 0 Å². The van der Waals surface area contributed by atoms with Gasteiger partial charge >= 0.3 is 5.97 Å². The van der Waals surface area contributed by atoms with Crippen LogP contribution in [0.15, 0.2) is 30.3 Å². The second-order valence-corrected chi connectivity index (χ2v) is 5.51. The number of aromatic hydroxyl groups is 1. The fourth-order valence-corrected chi connectivity index (χ4v) is 2.54. The van der Waals surface area contributed by atoms with E-state index in [1.807, 2.05) is 12.1 Å². The molecule has 0 unspecified atom stereocenters. The zero-order valence-electron chi connectivity index (χ0n) is 13.6. The predicted octanol–water partition coefficient (Wildman–Crippen LogP) is 4.09. The van der Waals surface area contributed by atoms with Gasteiger partial charge in [-0.2, -0.15) is 0 Å². The first-order valence-corrected chi connectivity index (χ1v) is 7.48. The van der Waals surface area contributed by atoms with E-state index in [1.165, 1.54) is 11.1 Å². The summed E-state index contributed by atoms with van der Waals surface area (Å²) in [5, 5.41) is 10.2. The van der Waals surface area contributed by atoms with Crippen LogP contribution in [-0.4, -0.2) is 17.7 Å². The van der Waals surface area contributed by atoms with Crippen molar-refractivity contribution in [2.24, 2.45) is 0 Å². The summed E-state index contributed by atoms with van der Waals surface area (Å²) in [5.74, 6) is -0.0325. The number of hydrogen-bond acceptors (Lipinski definition) is 3. The first-order valence-electron chi connectivity index (χ1n) is 7.48. The number of benzene rings is 2. The predicted molar refractivity (Wildman–Crippen MR) is 88.1 cm³/mol. The molecular formula is C19H22O3. The molecule has 0 aromatic heterocycles. The third-order valence-electron chi connectivity index (χ3n) is 4.06. The Morgan fingerprint density at radius 3 is 2.45 bits per heavy atom. The van der Waals surface area contributed by atoms with Gasteiger partial charge in [0.2, 0.25) is 0 Å². The Morgan fingerprint density at radius 1 is 1.05 bits per heavy atom. The summed E-state index contributed by atoms with van der Waals surface area (Å²) in [6, 6.07) is 9.32. The molecule has 3 heteroatoms. The zero-order chi connectivity index (χ0) is 16.3. The third-order valence-corrected chi connectivity index (χ3v) is 4.06. The molecule has 2 rings (SSSR count). The Hall–Kier alpha value is -2.29. The molecule has 0 aliphatic carbocycles. The maximum Gasteiger partial charge on any atom is 0.310 e. The van der Waals surface area contributed by atoms with E-state index in [2.05, 4.69) is 26.8 Å². The Morgan fingerprint density at radius 2 is 1.77 bits per heavy atom. The number of rotatable bonds is 4. The van der Waals surface area contributed by atoms with Crippen molar-refractivity contribution in [3.8, 4) is 16.9 Å². The molecule has 116 valence electrons. The van der Waals surface area contributed by atoms with Crippen molar-refractivity contribution in [1.29, 1.82) is 0 Å². The molecule has 0 aliphatic heterocycles. The summed E-state index contributed by atoms with van der Waals surface area (Å²) in [5.41, 5.74) is 6.16. The highest BCUT2D eigenvalue weighted by Gasteiger charge is 2.12. The highest BCUT2D eigenvalue weighted by molar-refractivity contribution is 5.77. The normalized spacial score (nSPS) is 10.5. The molecule has 0 radical (unpaired) electrons. The standard InChI is InChI=1S/C19H22O3/c1-5-22-19(21)11-15-7-9-18(20)17(10-15)16-8-6-12(2)13(3)14(16)4/h6-10,20H,5,11H2,1-4H3. The van der Waals surface area contributed by atoms with E-state index in [-0.39, 0.29) is 18.1 Å². The van der Waals surface area contributed by atoms with Crippen LogP contribution in [0.2, 0.25) is 0 Å². The average molecular weight is 298 g/mol. The number of hydrogen-bond donors (Lipinski definition) is 1. The van der Waals surface area contributed by atoms with Crippen LogP contribution in [0.3, 0.4) is 0 Å². The van der Waals surface area contributed by atoms with Crippen LogP contribution in [0.4, 0.5) is 0 Å². The summed E-state index contributed by atoms with van der Waals surface area (Å²) in [6.07, 6.45) is 0.213. The van der Waals surface area contributed by atoms with E-state index in [0.29, 0.717) is 6.61 Å². The number of aryl methyl sites for hydroxylation is 1. The topological polar surface area (TPSA) is 46.5 Å². The molecule has 0 fully saturated rings. The summed E-state index contributed by atoms with van der Waals surface area (Å²) in [7, 11) is 0. The number of ether oxygens (including phenoxy) is 1. The van der Waals surface area contributed by atoms with Gasteiger partial charge < -0.3 is 9.84 Å². The lowest BCUT2D eigenvalue weighted by Gasteiger charge is -2.14.